The molecule has 0 saturated heterocycles. The number of ether oxygens (including phenoxy) is 1. The molecule has 0 bridgehead atoms. The predicted octanol–water partition coefficient (Wildman–Crippen LogP) is 1.33. The van der Waals surface area contributed by atoms with Crippen molar-refractivity contribution in [3.8, 4) is 0 Å². The molecule has 1 heterocycles. The second kappa shape index (κ2) is 5.60. The van der Waals surface area contributed by atoms with Crippen LogP contribution in [0.25, 0.3) is 0 Å². The van der Waals surface area contributed by atoms with Crippen LogP contribution < -0.4 is 5.32 Å². The highest BCUT2D eigenvalue weighted by Crippen LogP contribution is 2.02. The number of hydrogen-bond donors (Lipinski definition) is 1. The van der Waals surface area contributed by atoms with Crippen LogP contribution in [0.5, 0.6) is 0 Å². The van der Waals surface area contributed by atoms with Crippen LogP contribution in [0, 0.1) is 13.8 Å². The molecule has 1 unspecified atom stereocenters. The van der Waals surface area contributed by atoms with Gasteiger partial charge in [-0.1, -0.05) is 0 Å². The van der Waals surface area contributed by atoms with E-state index >= 15 is 0 Å². The van der Waals surface area contributed by atoms with Crippen LogP contribution in [-0.2, 0) is 4.74 Å². The van der Waals surface area contributed by atoms with Crippen LogP contribution >= 0.6 is 0 Å². The van der Waals surface area contributed by atoms with Crippen molar-refractivity contribution in [2.75, 3.05) is 18.5 Å². The Morgan fingerprint density at radius 3 is 2.60 bits per heavy atom. The first-order valence-corrected chi connectivity index (χ1v) is 5.17. The highest BCUT2D eigenvalue weighted by Gasteiger charge is 2.04. The average Bonchev–Trinajstić information content (AvgIpc) is 2.20. The van der Waals surface area contributed by atoms with E-state index in [1.54, 1.807) is 0 Å². The van der Waals surface area contributed by atoms with Gasteiger partial charge < -0.3 is 10.1 Å². The van der Waals surface area contributed by atoms with Crippen molar-refractivity contribution in [2.24, 2.45) is 0 Å². The van der Waals surface area contributed by atoms with Gasteiger partial charge in [-0.15, -0.1) is 5.10 Å². The highest BCUT2D eigenvalue weighted by molar-refractivity contribution is 5.24. The Morgan fingerprint density at radius 1 is 1.27 bits per heavy atom. The zero-order valence-electron chi connectivity index (χ0n) is 9.74. The standard InChI is InChI=1S/C10H18N4O/c1-5-15-7(2)6-11-10-12-8(3)9(4)13-14-10/h7H,5-6H2,1-4H3,(H,11,12,14). The molecule has 15 heavy (non-hydrogen) atoms. The van der Waals surface area contributed by atoms with E-state index in [0.29, 0.717) is 12.5 Å². The van der Waals surface area contributed by atoms with Crippen molar-refractivity contribution in [3.05, 3.63) is 11.4 Å². The molecule has 0 aliphatic heterocycles. The van der Waals surface area contributed by atoms with Gasteiger partial charge in [-0.2, -0.15) is 5.10 Å². The fourth-order valence-electron chi connectivity index (χ4n) is 1.11. The predicted molar refractivity (Wildman–Crippen MR) is 58.9 cm³/mol. The molecule has 1 N–H and O–H groups in total. The van der Waals surface area contributed by atoms with Crippen molar-refractivity contribution < 1.29 is 4.74 Å². The Balaban J connectivity index is 2.47. The van der Waals surface area contributed by atoms with Gasteiger partial charge in [-0.25, -0.2) is 4.98 Å². The first kappa shape index (κ1) is 11.8. The van der Waals surface area contributed by atoms with E-state index in [4.69, 9.17) is 4.74 Å². The monoisotopic (exact) mass is 210 g/mol. The third-order valence-corrected chi connectivity index (χ3v) is 2.09. The smallest absolute Gasteiger partial charge is 0.243 e. The molecule has 1 rings (SSSR count). The van der Waals surface area contributed by atoms with E-state index in [0.717, 1.165) is 18.0 Å². The molecular formula is C10H18N4O. The molecule has 0 radical (unpaired) electrons. The van der Waals surface area contributed by atoms with Crippen LogP contribution in [0.15, 0.2) is 0 Å². The molecule has 5 nitrogen and oxygen atoms in total. The number of aromatic nitrogens is 3. The quantitative estimate of drug-likeness (QED) is 0.794. The minimum atomic E-state index is 0.153. The summed E-state index contributed by atoms with van der Waals surface area (Å²) >= 11 is 0. The third kappa shape index (κ3) is 3.79. The zero-order valence-corrected chi connectivity index (χ0v) is 9.74. The van der Waals surface area contributed by atoms with Crippen LogP contribution in [0.4, 0.5) is 5.95 Å². The Labute approximate surface area is 90.3 Å². The molecule has 1 aromatic rings. The third-order valence-electron chi connectivity index (χ3n) is 2.09. The van der Waals surface area contributed by atoms with Gasteiger partial charge in [0, 0.05) is 13.2 Å². The first-order chi connectivity index (χ1) is 7.13. The maximum Gasteiger partial charge on any atom is 0.243 e. The van der Waals surface area contributed by atoms with Crippen LogP contribution in [-0.4, -0.2) is 34.4 Å². The number of nitrogens with one attached hydrogen (secondary N) is 1. The van der Waals surface area contributed by atoms with Gasteiger partial charge in [-0.3, -0.25) is 0 Å². The molecular weight excluding hydrogens is 192 g/mol. The van der Waals surface area contributed by atoms with Gasteiger partial charge in [0.15, 0.2) is 0 Å². The van der Waals surface area contributed by atoms with E-state index < -0.39 is 0 Å². The zero-order chi connectivity index (χ0) is 11.3. The molecule has 0 aromatic carbocycles. The maximum atomic E-state index is 5.38. The lowest BCUT2D eigenvalue weighted by Crippen LogP contribution is -2.21. The van der Waals surface area contributed by atoms with Gasteiger partial charge in [0.25, 0.3) is 0 Å². The van der Waals surface area contributed by atoms with Crippen molar-refractivity contribution in [1.82, 2.24) is 15.2 Å². The lowest BCUT2D eigenvalue weighted by Gasteiger charge is -2.12. The largest absolute Gasteiger partial charge is 0.377 e. The first-order valence-electron chi connectivity index (χ1n) is 5.17. The van der Waals surface area contributed by atoms with Crippen molar-refractivity contribution in [1.29, 1.82) is 0 Å². The maximum absolute atomic E-state index is 5.38. The molecule has 1 atom stereocenters. The molecule has 84 valence electrons. The highest BCUT2D eigenvalue weighted by atomic mass is 16.5. The summed E-state index contributed by atoms with van der Waals surface area (Å²) in [5.74, 6) is 0.560. The minimum absolute atomic E-state index is 0.153. The van der Waals surface area contributed by atoms with Crippen molar-refractivity contribution in [3.63, 3.8) is 0 Å². The van der Waals surface area contributed by atoms with E-state index in [1.165, 1.54) is 0 Å². The van der Waals surface area contributed by atoms with E-state index in [1.807, 2.05) is 27.7 Å². The summed E-state index contributed by atoms with van der Waals surface area (Å²) in [5, 5.41) is 11.0. The summed E-state index contributed by atoms with van der Waals surface area (Å²) < 4.78 is 5.38. The minimum Gasteiger partial charge on any atom is -0.377 e. The summed E-state index contributed by atoms with van der Waals surface area (Å²) in [6.07, 6.45) is 0.153. The average molecular weight is 210 g/mol. The summed E-state index contributed by atoms with van der Waals surface area (Å²) in [4.78, 5) is 4.26. The number of hydrogen-bond acceptors (Lipinski definition) is 5. The van der Waals surface area contributed by atoms with Crippen molar-refractivity contribution >= 4 is 5.95 Å². The van der Waals surface area contributed by atoms with Gasteiger partial charge in [0.05, 0.1) is 17.5 Å². The molecule has 0 amide bonds. The summed E-state index contributed by atoms with van der Waals surface area (Å²) in [6, 6.07) is 0. The van der Waals surface area contributed by atoms with E-state index in [2.05, 4.69) is 20.5 Å². The second-order valence-corrected chi connectivity index (χ2v) is 3.45. The van der Waals surface area contributed by atoms with Gasteiger partial charge in [0.2, 0.25) is 5.95 Å². The fraction of sp³-hybridized carbons (Fsp3) is 0.700. The molecule has 0 saturated carbocycles. The number of nitrogens with zero attached hydrogens (tertiary/aromatic N) is 3. The number of aryl methyl sites for hydroxylation is 2. The van der Waals surface area contributed by atoms with Gasteiger partial charge in [0.1, 0.15) is 0 Å². The lowest BCUT2D eigenvalue weighted by molar-refractivity contribution is 0.0854. The molecule has 0 aliphatic rings. The lowest BCUT2D eigenvalue weighted by atomic mass is 10.4. The Hall–Kier alpha value is -1.23. The Morgan fingerprint density at radius 2 is 2.00 bits per heavy atom. The van der Waals surface area contributed by atoms with Crippen LogP contribution in [0.2, 0.25) is 0 Å². The fourth-order valence-corrected chi connectivity index (χ4v) is 1.11. The SMILES string of the molecule is CCOC(C)CNc1nnc(C)c(C)n1. The molecule has 0 spiro atoms. The number of rotatable bonds is 5. The Bertz CT molecular complexity index is 316. The molecule has 0 aliphatic carbocycles. The summed E-state index contributed by atoms with van der Waals surface area (Å²) in [5.41, 5.74) is 1.76. The van der Waals surface area contributed by atoms with Crippen molar-refractivity contribution in [2.45, 2.75) is 33.8 Å². The molecule has 1 aromatic heterocycles. The van der Waals surface area contributed by atoms with E-state index in [-0.39, 0.29) is 6.10 Å². The van der Waals surface area contributed by atoms with Crippen LogP contribution in [0.1, 0.15) is 25.2 Å². The van der Waals surface area contributed by atoms with E-state index in [9.17, 15) is 0 Å². The molecule has 0 fully saturated rings. The van der Waals surface area contributed by atoms with Gasteiger partial charge >= 0.3 is 0 Å². The topological polar surface area (TPSA) is 59.9 Å². The summed E-state index contributed by atoms with van der Waals surface area (Å²) in [7, 11) is 0. The normalized spacial score (nSPS) is 12.5. The second-order valence-electron chi connectivity index (χ2n) is 3.45. The summed E-state index contributed by atoms with van der Waals surface area (Å²) in [6.45, 7) is 9.20. The van der Waals surface area contributed by atoms with Gasteiger partial charge in [-0.05, 0) is 27.7 Å². The number of anilines is 1. The van der Waals surface area contributed by atoms with Crippen LogP contribution in [0.3, 0.4) is 0 Å². The molecule has 5 heteroatoms. The Kier molecular flexibility index (Phi) is 4.42.